The zero-order chi connectivity index (χ0) is 24.1. The lowest BCUT2D eigenvalue weighted by molar-refractivity contribution is -0.139. The standard InChI is InChI=1S/C27H23N3O4/c1-17-9-5-8-14-22(17)28-27(34)29-23-16-20-13-7-6-12-19(20)15-21(23)25(31)30-24(26(32)33)18-10-3-2-4-11-18/h2-16,24H,1H3,(H,30,31)(H,32,33)(H2,28,29,34). The van der Waals surface area contributed by atoms with E-state index in [2.05, 4.69) is 16.0 Å². The summed E-state index contributed by atoms with van der Waals surface area (Å²) in [6.07, 6.45) is 0. The number of benzene rings is 4. The van der Waals surface area contributed by atoms with Gasteiger partial charge in [-0.1, -0.05) is 72.8 Å². The van der Waals surface area contributed by atoms with Crippen LogP contribution < -0.4 is 16.0 Å². The highest BCUT2D eigenvalue weighted by Crippen LogP contribution is 2.26. The number of carbonyl (C=O) groups is 3. The predicted octanol–water partition coefficient (Wildman–Crippen LogP) is 5.35. The highest BCUT2D eigenvalue weighted by atomic mass is 16.4. The number of urea groups is 1. The predicted molar refractivity (Wildman–Crippen MR) is 132 cm³/mol. The maximum atomic E-state index is 13.2. The third kappa shape index (κ3) is 5.05. The van der Waals surface area contributed by atoms with Crippen LogP contribution in [0.25, 0.3) is 10.8 Å². The number of hydrogen-bond acceptors (Lipinski definition) is 3. The van der Waals surface area contributed by atoms with E-state index in [9.17, 15) is 19.5 Å². The molecule has 3 amide bonds. The van der Waals surface area contributed by atoms with Crippen LogP contribution in [0.3, 0.4) is 0 Å². The van der Waals surface area contributed by atoms with Gasteiger partial charge in [0.15, 0.2) is 6.04 Å². The monoisotopic (exact) mass is 453 g/mol. The van der Waals surface area contributed by atoms with E-state index in [1.807, 2.05) is 49.4 Å². The minimum absolute atomic E-state index is 0.154. The van der Waals surface area contributed by atoms with Gasteiger partial charge in [-0.15, -0.1) is 0 Å². The summed E-state index contributed by atoms with van der Waals surface area (Å²) in [5.41, 5.74) is 2.39. The van der Waals surface area contributed by atoms with Crippen molar-refractivity contribution >= 4 is 40.1 Å². The second kappa shape index (κ2) is 9.87. The lowest BCUT2D eigenvalue weighted by Gasteiger charge is -2.18. The summed E-state index contributed by atoms with van der Waals surface area (Å²) in [7, 11) is 0. The first-order chi connectivity index (χ1) is 16.4. The molecule has 0 aromatic heterocycles. The summed E-state index contributed by atoms with van der Waals surface area (Å²) < 4.78 is 0. The summed E-state index contributed by atoms with van der Waals surface area (Å²) in [6.45, 7) is 1.88. The first-order valence-corrected chi connectivity index (χ1v) is 10.7. The second-order valence-electron chi connectivity index (χ2n) is 7.79. The van der Waals surface area contributed by atoms with E-state index >= 15 is 0 Å². The maximum absolute atomic E-state index is 13.2. The number of hydrogen-bond donors (Lipinski definition) is 4. The van der Waals surface area contributed by atoms with E-state index in [1.165, 1.54) is 0 Å². The normalized spacial score (nSPS) is 11.4. The average Bonchev–Trinajstić information content (AvgIpc) is 2.83. The minimum atomic E-state index is -1.24. The third-order valence-electron chi connectivity index (χ3n) is 5.43. The van der Waals surface area contributed by atoms with Crippen LogP contribution in [0.4, 0.5) is 16.2 Å². The smallest absolute Gasteiger partial charge is 0.330 e. The molecule has 0 fully saturated rings. The van der Waals surface area contributed by atoms with Crippen LogP contribution in [0.1, 0.15) is 27.5 Å². The van der Waals surface area contributed by atoms with E-state index in [0.717, 1.165) is 16.3 Å². The molecule has 0 saturated heterocycles. The van der Waals surface area contributed by atoms with E-state index in [-0.39, 0.29) is 11.3 Å². The van der Waals surface area contributed by atoms with Gasteiger partial charge in [0.05, 0.1) is 11.3 Å². The lowest BCUT2D eigenvalue weighted by Crippen LogP contribution is -2.34. The molecule has 1 unspecified atom stereocenters. The highest BCUT2D eigenvalue weighted by Gasteiger charge is 2.24. The number of aliphatic carboxylic acids is 1. The number of carbonyl (C=O) groups excluding carboxylic acids is 2. The topological polar surface area (TPSA) is 108 Å². The van der Waals surface area contributed by atoms with Crippen molar-refractivity contribution in [2.24, 2.45) is 0 Å². The zero-order valence-corrected chi connectivity index (χ0v) is 18.4. The van der Waals surface area contributed by atoms with Crippen molar-refractivity contribution in [2.45, 2.75) is 13.0 Å². The van der Waals surface area contributed by atoms with Gasteiger partial charge >= 0.3 is 12.0 Å². The fourth-order valence-electron chi connectivity index (χ4n) is 3.66. The summed E-state index contributed by atoms with van der Waals surface area (Å²) in [5, 5.41) is 19.4. The Morgan fingerprint density at radius 3 is 2.00 bits per heavy atom. The Bertz CT molecular complexity index is 1370. The summed E-state index contributed by atoms with van der Waals surface area (Å²) in [5.74, 6) is -1.81. The maximum Gasteiger partial charge on any atom is 0.330 e. The van der Waals surface area contributed by atoms with Gasteiger partial charge in [-0.2, -0.15) is 0 Å². The van der Waals surface area contributed by atoms with Crippen molar-refractivity contribution < 1.29 is 19.5 Å². The SMILES string of the molecule is Cc1ccccc1NC(=O)Nc1cc2ccccc2cc1C(=O)NC(C(=O)O)c1ccccc1. The van der Waals surface area contributed by atoms with E-state index < -0.39 is 23.9 Å². The molecule has 0 spiro atoms. The number of amides is 3. The number of fused-ring (bicyclic) bond motifs is 1. The molecule has 4 rings (SSSR count). The Morgan fingerprint density at radius 2 is 1.32 bits per heavy atom. The van der Waals surface area contributed by atoms with Crippen LogP contribution in [0, 0.1) is 6.92 Å². The molecule has 0 aliphatic rings. The van der Waals surface area contributed by atoms with Gasteiger partial charge in [0, 0.05) is 5.69 Å². The molecule has 0 heterocycles. The van der Waals surface area contributed by atoms with Crippen molar-refractivity contribution in [1.82, 2.24) is 5.32 Å². The van der Waals surface area contributed by atoms with Crippen LogP contribution in [0.5, 0.6) is 0 Å². The van der Waals surface area contributed by atoms with Gasteiger partial charge in [-0.05, 0) is 47.0 Å². The van der Waals surface area contributed by atoms with Gasteiger partial charge in [0.1, 0.15) is 0 Å². The van der Waals surface area contributed by atoms with Crippen molar-refractivity contribution in [3.63, 3.8) is 0 Å². The highest BCUT2D eigenvalue weighted by molar-refractivity contribution is 6.10. The Balaban J connectivity index is 1.66. The molecule has 0 saturated carbocycles. The Kier molecular flexibility index (Phi) is 6.54. The fraction of sp³-hybridized carbons (Fsp3) is 0.0741. The molecule has 4 aromatic carbocycles. The third-order valence-corrected chi connectivity index (χ3v) is 5.43. The van der Waals surface area contributed by atoms with Crippen LogP contribution >= 0.6 is 0 Å². The number of carboxylic acid groups (broad SMARTS) is 1. The Morgan fingerprint density at radius 1 is 0.735 bits per heavy atom. The molecule has 4 N–H and O–H groups in total. The van der Waals surface area contributed by atoms with Crippen LogP contribution in [-0.2, 0) is 4.79 Å². The van der Waals surface area contributed by atoms with Crippen molar-refractivity contribution in [3.8, 4) is 0 Å². The molecular formula is C27H23N3O4. The molecule has 170 valence electrons. The molecule has 1 atom stereocenters. The molecule has 0 aliphatic carbocycles. The zero-order valence-electron chi connectivity index (χ0n) is 18.4. The molecule has 0 aliphatic heterocycles. The molecule has 0 bridgehead atoms. The van der Waals surface area contributed by atoms with E-state index in [4.69, 9.17) is 0 Å². The second-order valence-corrected chi connectivity index (χ2v) is 7.79. The lowest BCUT2D eigenvalue weighted by atomic mass is 10.0. The van der Waals surface area contributed by atoms with Crippen LogP contribution in [0.15, 0.2) is 91.0 Å². The van der Waals surface area contributed by atoms with Crippen molar-refractivity contribution in [3.05, 3.63) is 108 Å². The van der Waals surface area contributed by atoms with Gasteiger partial charge in [0.25, 0.3) is 5.91 Å². The molecule has 7 nitrogen and oxygen atoms in total. The molecule has 4 aromatic rings. The molecule has 7 heteroatoms. The van der Waals surface area contributed by atoms with Crippen molar-refractivity contribution in [1.29, 1.82) is 0 Å². The van der Waals surface area contributed by atoms with Gasteiger partial charge < -0.3 is 21.1 Å². The van der Waals surface area contributed by atoms with Crippen molar-refractivity contribution in [2.75, 3.05) is 10.6 Å². The van der Waals surface area contributed by atoms with Crippen LogP contribution in [-0.4, -0.2) is 23.0 Å². The number of nitrogens with one attached hydrogen (secondary N) is 3. The molecule has 34 heavy (non-hydrogen) atoms. The molecular weight excluding hydrogens is 430 g/mol. The summed E-state index contributed by atoms with van der Waals surface area (Å²) >= 11 is 0. The molecule has 0 radical (unpaired) electrons. The Hall–Kier alpha value is -4.65. The number of rotatable bonds is 6. The number of anilines is 2. The van der Waals surface area contributed by atoms with E-state index in [0.29, 0.717) is 11.3 Å². The quantitative estimate of drug-likeness (QED) is 0.316. The number of carboxylic acids is 1. The number of para-hydroxylation sites is 1. The largest absolute Gasteiger partial charge is 0.479 e. The summed E-state index contributed by atoms with van der Waals surface area (Å²) in [6, 6.07) is 24.8. The Labute approximate surface area is 196 Å². The first-order valence-electron chi connectivity index (χ1n) is 10.7. The first kappa shape index (κ1) is 22.5. The van der Waals surface area contributed by atoms with Gasteiger partial charge in [0.2, 0.25) is 0 Å². The van der Waals surface area contributed by atoms with Crippen LogP contribution in [0.2, 0.25) is 0 Å². The van der Waals surface area contributed by atoms with Gasteiger partial charge in [-0.3, -0.25) is 4.79 Å². The fourth-order valence-corrected chi connectivity index (χ4v) is 3.66. The van der Waals surface area contributed by atoms with Gasteiger partial charge in [-0.25, -0.2) is 9.59 Å². The number of aryl methyl sites for hydroxylation is 1. The van der Waals surface area contributed by atoms with E-state index in [1.54, 1.807) is 48.5 Å². The average molecular weight is 453 g/mol. The minimum Gasteiger partial charge on any atom is -0.479 e. The summed E-state index contributed by atoms with van der Waals surface area (Å²) in [4.78, 5) is 37.9.